The molecule has 1 saturated heterocycles. The van der Waals surface area contributed by atoms with E-state index in [1.54, 1.807) is 30.3 Å². The van der Waals surface area contributed by atoms with Gasteiger partial charge in [-0.2, -0.15) is 0 Å². The molecule has 1 N–H and O–H groups in total. The zero-order valence-electron chi connectivity index (χ0n) is 23.1. The van der Waals surface area contributed by atoms with Crippen molar-refractivity contribution in [2.24, 2.45) is 5.92 Å². The summed E-state index contributed by atoms with van der Waals surface area (Å²) in [6.45, 7) is 3.94. The van der Waals surface area contributed by atoms with E-state index in [9.17, 15) is 18.8 Å². The number of ketones is 2. The topological polar surface area (TPSA) is 75.7 Å². The van der Waals surface area contributed by atoms with Gasteiger partial charge < -0.3 is 15.0 Å². The molecule has 3 heterocycles. The van der Waals surface area contributed by atoms with E-state index in [0.717, 1.165) is 11.1 Å². The first kappa shape index (κ1) is 26.6. The fourth-order valence-corrected chi connectivity index (χ4v) is 7.03. The Morgan fingerprint density at radius 2 is 1.70 bits per heavy atom. The predicted octanol–water partition coefficient (Wildman–Crippen LogP) is 6.37. The van der Waals surface area contributed by atoms with Crippen molar-refractivity contribution in [2.45, 2.75) is 17.5 Å². The second kappa shape index (κ2) is 10.2. The van der Waals surface area contributed by atoms with Crippen LogP contribution < -0.4 is 10.1 Å². The Morgan fingerprint density at radius 1 is 0.930 bits per heavy atom. The van der Waals surface area contributed by atoms with Gasteiger partial charge in [-0.3, -0.25) is 14.4 Å². The Morgan fingerprint density at radius 3 is 2.51 bits per heavy atom. The first-order valence-electron chi connectivity index (χ1n) is 14.1. The van der Waals surface area contributed by atoms with Crippen LogP contribution in [0.15, 0.2) is 116 Å². The van der Waals surface area contributed by atoms with E-state index in [2.05, 4.69) is 11.9 Å². The molecule has 0 bridgehead atoms. The lowest BCUT2D eigenvalue weighted by atomic mass is 9.62. The van der Waals surface area contributed by atoms with E-state index in [4.69, 9.17) is 4.74 Å². The molecule has 0 aromatic heterocycles. The van der Waals surface area contributed by atoms with Gasteiger partial charge in [0.05, 0.1) is 12.0 Å². The minimum absolute atomic E-state index is 0.252. The Balaban J connectivity index is 1.50. The van der Waals surface area contributed by atoms with Crippen molar-refractivity contribution in [1.82, 2.24) is 4.90 Å². The minimum atomic E-state index is -1.45. The second-order valence-corrected chi connectivity index (χ2v) is 10.9. The number of anilines is 1. The number of rotatable bonds is 7. The molecule has 4 aromatic carbocycles. The first-order valence-corrected chi connectivity index (χ1v) is 14.1. The summed E-state index contributed by atoms with van der Waals surface area (Å²) in [7, 11) is 0. The number of carbonyl (C=O) groups is 3. The van der Waals surface area contributed by atoms with Crippen LogP contribution in [0, 0.1) is 11.7 Å². The van der Waals surface area contributed by atoms with Crippen molar-refractivity contribution in [2.75, 3.05) is 11.9 Å². The Hall–Kier alpha value is -5.30. The average molecular weight is 571 g/mol. The summed E-state index contributed by atoms with van der Waals surface area (Å²) in [5, 5.41) is 3.04. The number of nitrogens with one attached hydrogen (secondary N) is 1. The fourth-order valence-electron chi connectivity index (χ4n) is 7.03. The molecule has 1 spiro atoms. The van der Waals surface area contributed by atoms with Crippen molar-refractivity contribution in [3.63, 3.8) is 0 Å². The number of fused-ring (bicyclic) bond motifs is 6. The number of carbonyl (C=O) groups excluding carboxylic acids is 3. The maximum atomic E-state index is 14.9. The lowest BCUT2D eigenvalue weighted by Gasteiger charge is -2.38. The van der Waals surface area contributed by atoms with Crippen molar-refractivity contribution >= 4 is 29.2 Å². The third-order valence-corrected chi connectivity index (χ3v) is 8.74. The van der Waals surface area contributed by atoms with Crippen LogP contribution in [0.4, 0.5) is 10.1 Å². The normalized spacial score (nSPS) is 22.9. The van der Waals surface area contributed by atoms with Crippen molar-refractivity contribution < 1.29 is 23.5 Å². The monoisotopic (exact) mass is 570 g/mol. The van der Waals surface area contributed by atoms with E-state index in [-0.39, 0.29) is 29.6 Å². The van der Waals surface area contributed by atoms with Gasteiger partial charge in [0.15, 0.2) is 11.6 Å². The molecule has 212 valence electrons. The molecule has 6 nitrogen and oxygen atoms in total. The number of amides is 1. The highest BCUT2D eigenvalue weighted by molar-refractivity contribution is 6.16. The van der Waals surface area contributed by atoms with Gasteiger partial charge in [-0.05, 0) is 65.2 Å². The molecule has 0 unspecified atom stereocenters. The maximum Gasteiger partial charge on any atom is 0.238 e. The molecular weight excluding hydrogens is 543 g/mol. The third-order valence-electron chi connectivity index (χ3n) is 8.74. The summed E-state index contributed by atoms with van der Waals surface area (Å²) in [4.78, 5) is 45.8. The molecule has 7 heteroatoms. The summed E-state index contributed by atoms with van der Waals surface area (Å²) < 4.78 is 19.6. The number of nitrogens with zero attached hydrogens (tertiary/aromatic N) is 1. The first-order chi connectivity index (χ1) is 20.9. The molecule has 3 aliphatic heterocycles. The number of hydrogen-bond donors (Lipinski definition) is 1. The van der Waals surface area contributed by atoms with Gasteiger partial charge in [-0.15, -0.1) is 0 Å². The summed E-state index contributed by atoms with van der Waals surface area (Å²) >= 11 is 0. The van der Waals surface area contributed by atoms with Crippen LogP contribution in [0.3, 0.4) is 0 Å². The van der Waals surface area contributed by atoms with E-state index in [1.807, 2.05) is 65.7 Å². The van der Waals surface area contributed by atoms with Gasteiger partial charge in [0.1, 0.15) is 29.6 Å². The van der Waals surface area contributed by atoms with Crippen LogP contribution in [0.25, 0.3) is 6.08 Å². The standard InChI is InChI=1S/C36H27FN2O4/c1-2-20-43-26-10-7-9-24(21-26)32(40)30-31(33(41)23-14-16-25(37)17-15-23)39-19-18-22-8-3-4-11-27(22)34(39)36(30)28-12-5-6-13-29(28)38-35(36)42/h2-19,21,30-31,34H,1,20H2,(H,38,42)/t30-,31-,34+,36+/m0/s1. The SMILES string of the molecule is C=CCOc1cccc(C(=O)[C@@H]2[C@@H](C(=O)c3ccc(F)cc3)N3C=Cc4ccccc4[C@@H]3[C@]23C(=O)Nc2ccccc23)c1. The van der Waals surface area contributed by atoms with E-state index in [0.29, 0.717) is 22.6 Å². The second-order valence-electron chi connectivity index (χ2n) is 10.9. The highest BCUT2D eigenvalue weighted by Gasteiger charge is 2.70. The third kappa shape index (κ3) is 3.96. The Kier molecular flexibility index (Phi) is 6.31. The molecule has 0 radical (unpaired) electrons. The van der Waals surface area contributed by atoms with E-state index in [1.165, 1.54) is 24.3 Å². The number of para-hydroxylation sites is 1. The molecule has 7 rings (SSSR count). The number of ether oxygens (including phenoxy) is 1. The van der Waals surface area contributed by atoms with Crippen molar-refractivity contribution in [1.29, 1.82) is 0 Å². The van der Waals surface area contributed by atoms with E-state index < -0.39 is 29.2 Å². The summed E-state index contributed by atoms with van der Waals surface area (Å²) in [5.41, 5.74) is 2.13. The Bertz CT molecular complexity index is 1830. The number of benzene rings is 4. The van der Waals surface area contributed by atoms with Crippen molar-refractivity contribution in [3.8, 4) is 5.75 Å². The van der Waals surface area contributed by atoms with Crippen LogP contribution >= 0.6 is 0 Å². The summed E-state index contributed by atoms with van der Waals surface area (Å²) in [6.07, 6.45) is 5.32. The number of halogens is 1. The molecular formula is C36H27FN2O4. The largest absolute Gasteiger partial charge is 0.490 e. The molecule has 3 aliphatic rings. The molecule has 0 saturated carbocycles. The van der Waals surface area contributed by atoms with Crippen LogP contribution in [-0.2, 0) is 10.2 Å². The van der Waals surface area contributed by atoms with Crippen LogP contribution in [0.5, 0.6) is 5.75 Å². The van der Waals surface area contributed by atoms with Gasteiger partial charge in [-0.1, -0.05) is 67.3 Å². The summed E-state index contributed by atoms with van der Waals surface area (Å²) in [5.74, 6) is -2.22. The fraction of sp³-hybridized carbons (Fsp3) is 0.139. The average Bonchev–Trinajstić information content (AvgIpc) is 3.52. The maximum absolute atomic E-state index is 14.9. The van der Waals surface area contributed by atoms with Gasteiger partial charge in [0.2, 0.25) is 5.91 Å². The van der Waals surface area contributed by atoms with Gasteiger partial charge in [-0.25, -0.2) is 4.39 Å². The van der Waals surface area contributed by atoms with Crippen LogP contribution in [0.2, 0.25) is 0 Å². The minimum Gasteiger partial charge on any atom is -0.490 e. The predicted molar refractivity (Wildman–Crippen MR) is 161 cm³/mol. The molecule has 4 aromatic rings. The highest BCUT2D eigenvalue weighted by atomic mass is 19.1. The van der Waals surface area contributed by atoms with Crippen LogP contribution in [0.1, 0.15) is 43.4 Å². The number of hydrogen-bond acceptors (Lipinski definition) is 5. The Labute approximate surface area is 248 Å². The molecule has 0 aliphatic carbocycles. The highest BCUT2D eigenvalue weighted by Crippen LogP contribution is 2.62. The zero-order valence-corrected chi connectivity index (χ0v) is 23.1. The van der Waals surface area contributed by atoms with E-state index >= 15 is 0 Å². The molecule has 1 amide bonds. The van der Waals surface area contributed by atoms with Gasteiger partial charge in [0.25, 0.3) is 0 Å². The molecule has 4 atom stereocenters. The lowest BCUT2D eigenvalue weighted by Crippen LogP contribution is -2.49. The molecule has 1 fully saturated rings. The van der Waals surface area contributed by atoms with Gasteiger partial charge in [0, 0.05) is 23.0 Å². The molecule has 43 heavy (non-hydrogen) atoms. The van der Waals surface area contributed by atoms with Crippen LogP contribution in [-0.4, -0.2) is 35.0 Å². The summed E-state index contributed by atoms with van der Waals surface area (Å²) in [6, 6.07) is 25.4. The van der Waals surface area contributed by atoms with Gasteiger partial charge >= 0.3 is 0 Å². The smallest absolute Gasteiger partial charge is 0.238 e. The lowest BCUT2D eigenvalue weighted by molar-refractivity contribution is -0.122. The van der Waals surface area contributed by atoms with Crippen molar-refractivity contribution in [3.05, 3.63) is 150 Å². The quantitative estimate of drug-likeness (QED) is 0.206. The zero-order chi connectivity index (χ0) is 29.7. The number of Topliss-reactive ketones (excluding diaryl/α,β-unsaturated/α-hetero) is 2.